The molecule has 3 rings (SSSR count). The second-order valence-corrected chi connectivity index (χ2v) is 6.43. The normalized spacial score (nSPS) is 17.3. The minimum absolute atomic E-state index is 0.0688. The third-order valence-electron chi connectivity index (χ3n) is 5.15. The number of nitrogens with zero attached hydrogens (tertiary/aromatic N) is 2. The van der Waals surface area contributed by atoms with E-state index in [0.717, 1.165) is 17.5 Å². The lowest BCUT2D eigenvalue weighted by atomic mass is 9.60. The molecule has 1 aromatic heterocycles. The number of amides is 1. The number of carbonyl (C=O) groups is 1. The standard InChI is InChI=1S/C17H22N4O2/c1-12(13-7-4-3-5-8-13)17(9-6-10-17)11-18-15(22)14-19-16(23)21(2)20-14/h3-5,7-8,12H,6,9-11H2,1-2H3,(H,18,22)(H,19,20,23)/t12-/m1/s1. The molecule has 1 aliphatic carbocycles. The predicted octanol–water partition coefficient (Wildman–Crippen LogP) is 1.81. The van der Waals surface area contributed by atoms with Crippen LogP contribution in [0.2, 0.25) is 0 Å². The lowest BCUT2D eigenvalue weighted by Crippen LogP contribution is -2.45. The molecule has 2 N–H and O–H groups in total. The fourth-order valence-corrected chi connectivity index (χ4v) is 3.33. The van der Waals surface area contributed by atoms with E-state index >= 15 is 0 Å². The Bertz CT molecular complexity index is 743. The maximum Gasteiger partial charge on any atom is 0.343 e. The van der Waals surface area contributed by atoms with Crippen molar-refractivity contribution in [2.45, 2.75) is 32.1 Å². The highest BCUT2D eigenvalue weighted by Gasteiger charge is 2.42. The van der Waals surface area contributed by atoms with Gasteiger partial charge in [0.15, 0.2) is 0 Å². The molecule has 0 radical (unpaired) electrons. The van der Waals surface area contributed by atoms with Crippen molar-refractivity contribution in [3.05, 3.63) is 52.2 Å². The number of nitrogens with one attached hydrogen (secondary N) is 2. The van der Waals surface area contributed by atoms with Gasteiger partial charge in [0, 0.05) is 13.6 Å². The fraction of sp³-hybridized carbons (Fsp3) is 0.471. The maximum absolute atomic E-state index is 12.2. The van der Waals surface area contributed by atoms with E-state index in [1.165, 1.54) is 19.0 Å². The van der Waals surface area contributed by atoms with E-state index < -0.39 is 0 Å². The third-order valence-corrected chi connectivity index (χ3v) is 5.15. The molecule has 0 bridgehead atoms. The Balaban J connectivity index is 1.70. The van der Waals surface area contributed by atoms with Crippen LogP contribution in [0.15, 0.2) is 35.1 Å². The quantitative estimate of drug-likeness (QED) is 0.883. The van der Waals surface area contributed by atoms with Crippen molar-refractivity contribution in [2.24, 2.45) is 12.5 Å². The number of aromatic amines is 1. The summed E-state index contributed by atoms with van der Waals surface area (Å²) in [6.07, 6.45) is 3.39. The summed E-state index contributed by atoms with van der Waals surface area (Å²) in [6.45, 7) is 2.82. The van der Waals surface area contributed by atoms with Crippen LogP contribution >= 0.6 is 0 Å². The van der Waals surface area contributed by atoms with Crippen LogP contribution in [0.3, 0.4) is 0 Å². The van der Waals surface area contributed by atoms with E-state index in [4.69, 9.17) is 0 Å². The number of aromatic nitrogens is 3. The van der Waals surface area contributed by atoms with E-state index in [1.807, 2.05) is 6.07 Å². The summed E-state index contributed by atoms with van der Waals surface area (Å²) in [7, 11) is 1.51. The molecule has 1 aromatic carbocycles. The molecule has 6 heteroatoms. The van der Waals surface area contributed by atoms with Crippen molar-refractivity contribution in [1.29, 1.82) is 0 Å². The van der Waals surface area contributed by atoms with E-state index in [0.29, 0.717) is 12.5 Å². The highest BCUT2D eigenvalue weighted by Crippen LogP contribution is 2.50. The monoisotopic (exact) mass is 314 g/mol. The van der Waals surface area contributed by atoms with Crippen LogP contribution < -0.4 is 11.0 Å². The Morgan fingerprint density at radius 1 is 1.39 bits per heavy atom. The number of carbonyl (C=O) groups excluding carboxylic acids is 1. The molecular weight excluding hydrogens is 292 g/mol. The average molecular weight is 314 g/mol. The zero-order valence-electron chi connectivity index (χ0n) is 13.5. The molecule has 2 aromatic rings. The van der Waals surface area contributed by atoms with E-state index in [9.17, 15) is 9.59 Å². The Labute approximate surface area is 134 Å². The molecule has 1 aliphatic rings. The molecule has 0 spiro atoms. The summed E-state index contributed by atoms with van der Waals surface area (Å²) in [5.41, 5.74) is 1.00. The van der Waals surface area contributed by atoms with Gasteiger partial charge in [-0.05, 0) is 29.7 Å². The van der Waals surface area contributed by atoms with Crippen LogP contribution in [-0.2, 0) is 7.05 Å². The molecule has 1 saturated carbocycles. The van der Waals surface area contributed by atoms with Crippen LogP contribution in [0.1, 0.15) is 48.3 Å². The molecule has 1 atom stereocenters. The molecule has 6 nitrogen and oxygen atoms in total. The minimum atomic E-state index is -0.383. The van der Waals surface area contributed by atoms with E-state index in [2.05, 4.69) is 46.6 Å². The van der Waals surface area contributed by atoms with Gasteiger partial charge in [0.1, 0.15) is 0 Å². The highest BCUT2D eigenvalue weighted by molar-refractivity contribution is 5.90. The Morgan fingerprint density at radius 3 is 2.61 bits per heavy atom. The van der Waals surface area contributed by atoms with Gasteiger partial charge in [-0.1, -0.05) is 43.7 Å². The Morgan fingerprint density at radius 2 is 2.09 bits per heavy atom. The molecular formula is C17H22N4O2. The van der Waals surface area contributed by atoms with Crippen LogP contribution in [0.25, 0.3) is 0 Å². The summed E-state index contributed by atoms with van der Waals surface area (Å²) < 4.78 is 1.13. The van der Waals surface area contributed by atoms with Crippen LogP contribution in [0, 0.1) is 5.41 Å². The molecule has 0 aliphatic heterocycles. The largest absolute Gasteiger partial charge is 0.349 e. The topological polar surface area (TPSA) is 79.8 Å². The highest BCUT2D eigenvalue weighted by atomic mass is 16.2. The van der Waals surface area contributed by atoms with Crippen molar-refractivity contribution >= 4 is 5.91 Å². The summed E-state index contributed by atoms with van der Waals surface area (Å²) >= 11 is 0. The zero-order valence-corrected chi connectivity index (χ0v) is 13.5. The van der Waals surface area contributed by atoms with Crippen molar-refractivity contribution in [3.8, 4) is 0 Å². The van der Waals surface area contributed by atoms with Gasteiger partial charge >= 0.3 is 5.69 Å². The first-order valence-corrected chi connectivity index (χ1v) is 7.98. The first-order chi connectivity index (χ1) is 11.0. The number of H-pyrrole nitrogens is 1. The smallest absolute Gasteiger partial charge is 0.343 e. The van der Waals surface area contributed by atoms with Crippen molar-refractivity contribution in [1.82, 2.24) is 20.1 Å². The molecule has 0 unspecified atom stereocenters. The van der Waals surface area contributed by atoms with E-state index in [1.54, 1.807) is 0 Å². The maximum atomic E-state index is 12.2. The number of aryl methyl sites for hydroxylation is 1. The number of benzene rings is 1. The molecule has 23 heavy (non-hydrogen) atoms. The predicted molar refractivity (Wildman–Crippen MR) is 87.3 cm³/mol. The molecule has 0 saturated heterocycles. The third kappa shape index (κ3) is 2.93. The van der Waals surface area contributed by atoms with E-state index in [-0.39, 0.29) is 22.8 Å². The second kappa shape index (κ2) is 6.02. The summed E-state index contributed by atoms with van der Waals surface area (Å²) in [5.74, 6) is 0.120. The first kappa shape index (κ1) is 15.5. The number of rotatable bonds is 5. The van der Waals surface area contributed by atoms with Gasteiger partial charge in [-0.15, -0.1) is 5.10 Å². The number of hydrogen-bond donors (Lipinski definition) is 2. The molecule has 122 valence electrons. The molecule has 1 heterocycles. The zero-order chi connectivity index (χ0) is 16.4. The van der Waals surface area contributed by atoms with Gasteiger partial charge in [0.2, 0.25) is 5.82 Å². The van der Waals surface area contributed by atoms with Gasteiger partial charge < -0.3 is 5.32 Å². The van der Waals surface area contributed by atoms with Gasteiger partial charge in [-0.25, -0.2) is 9.48 Å². The summed E-state index contributed by atoms with van der Waals surface area (Å²) in [5, 5.41) is 6.84. The molecule has 1 amide bonds. The minimum Gasteiger partial charge on any atom is -0.349 e. The second-order valence-electron chi connectivity index (χ2n) is 6.43. The first-order valence-electron chi connectivity index (χ1n) is 7.98. The van der Waals surface area contributed by atoms with Crippen LogP contribution in [0.4, 0.5) is 0 Å². The van der Waals surface area contributed by atoms with Crippen molar-refractivity contribution in [3.63, 3.8) is 0 Å². The van der Waals surface area contributed by atoms with Crippen molar-refractivity contribution < 1.29 is 4.79 Å². The lowest BCUT2D eigenvalue weighted by Gasteiger charge is -2.47. The molecule has 1 fully saturated rings. The van der Waals surface area contributed by atoms with Gasteiger partial charge in [0.25, 0.3) is 5.91 Å². The lowest BCUT2D eigenvalue weighted by molar-refractivity contribution is 0.0768. The summed E-state index contributed by atoms with van der Waals surface area (Å²) in [4.78, 5) is 26.0. The average Bonchev–Trinajstić information content (AvgIpc) is 2.86. The van der Waals surface area contributed by atoms with Gasteiger partial charge in [-0.2, -0.15) is 0 Å². The SMILES string of the molecule is C[C@H](c1ccccc1)C1(CNC(=O)c2nn(C)c(=O)[nH]2)CCC1. The van der Waals surface area contributed by atoms with Crippen molar-refractivity contribution in [2.75, 3.05) is 6.54 Å². The fourth-order valence-electron chi connectivity index (χ4n) is 3.33. The Hall–Kier alpha value is -2.37. The summed E-state index contributed by atoms with van der Waals surface area (Å²) in [6, 6.07) is 10.4. The Kier molecular flexibility index (Phi) is 4.07. The van der Waals surface area contributed by atoms with Crippen LogP contribution in [0.5, 0.6) is 0 Å². The number of hydrogen-bond acceptors (Lipinski definition) is 3. The van der Waals surface area contributed by atoms with Gasteiger partial charge in [0.05, 0.1) is 0 Å². The van der Waals surface area contributed by atoms with Gasteiger partial charge in [-0.3, -0.25) is 9.78 Å². The van der Waals surface area contributed by atoms with Crippen LogP contribution in [-0.4, -0.2) is 27.2 Å².